The van der Waals surface area contributed by atoms with Gasteiger partial charge in [0.15, 0.2) is 0 Å². The maximum Gasteiger partial charge on any atom is 0.253 e. The van der Waals surface area contributed by atoms with E-state index < -0.39 is 0 Å². The fourth-order valence-electron chi connectivity index (χ4n) is 3.52. The average molecular weight is 397 g/mol. The van der Waals surface area contributed by atoms with Crippen molar-refractivity contribution in [2.75, 3.05) is 38.0 Å². The number of amides is 2. The summed E-state index contributed by atoms with van der Waals surface area (Å²) in [5.41, 5.74) is 2.39. The molecule has 29 heavy (non-hydrogen) atoms. The highest BCUT2D eigenvalue weighted by molar-refractivity contribution is 5.94. The Hall–Kier alpha value is -2.73. The summed E-state index contributed by atoms with van der Waals surface area (Å²) in [6.45, 7) is 7.01. The van der Waals surface area contributed by atoms with Gasteiger partial charge in [0.05, 0.1) is 6.54 Å². The molecule has 1 aliphatic rings. The second kappa shape index (κ2) is 9.65. The molecule has 1 heterocycles. The molecule has 1 fully saturated rings. The number of benzene rings is 2. The molecule has 6 heteroatoms. The van der Waals surface area contributed by atoms with Crippen molar-refractivity contribution in [3.05, 3.63) is 65.5 Å². The quantitative estimate of drug-likeness (QED) is 0.813. The highest BCUT2D eigenvalue weighted by Crippen LogP contribution is 2.14. The van der Waals surface area contributed by atoms with E-state index in [0.717, 1.165) is 6.42 Å². The minimum absolute atomic E-state index is 0.0324. The number of piperazine rings is 1. The number of nitrogens with zero attached hydrogens (tertiary/aromatic N) is 2. The molecular weight excluding hydrogens is 369 g/mol. The second-order valence-corrected chi connectivity index (χ2v) is 7.92. The first kappa shape index (κ1) is 21.0. The van der Waals surface area contributed by atoms with Crippen LogP contribution < -0.4 is 5.32 Å². The van der Waals surface area contributed by atoms with Gasteiger partial charge >= 0.3 is 0 Å². The van der Waals surface area contributed by atoms with Crippen LogP contribution in [0, 0.1) is 11.7 Å². The smallest absolute Gasteiger partial charge is 0.253 e. The van der Waals surface area contributed by atoms with E-state index in [-0.39, 0.29) is 24.2 Å². The first-order chi connectivity index (χ1) is 13.9. The van der Waals surface area contributed by atoms with Crippen molar-refractivity contribution in [2.45, 2.75) is 20.3 Å². The first-order valence-corrected chi connectivity index (χ1v) is 10.1. The number of hydrogen-bond acceptors (Lipinski definition) is 3. The van der Waals surface area contributed by atoms with Gasteiger partial charge in [-0.3, -0.25) is 14.5 Å². The van der Waals surface area contributed by atoms with Gasteiger partial charge in [0, 0.05) is 37.4 Å². The molecule has 2 amide bonds. The van der Waals surface area contributed by atoms with Crippen molar-refractivity contribution < 1.29 is 14.0 Å². The Kier molecular flexibility index (Phi) is 6.99. The van der Waals surface area contributed by atoms with Crippen LogP contribution in [0.3, 0.4) is 0 Å². The van der Waals surface area contributed by atoms with E-state index in [4.69, 9.17) is 0 Å². The van der Waals surface area contributed by atoms with Gasteiger partial charge in [-0.15, -0.1) is 0 Å². The predicted octanol–water partition coefficient (Wildman–Crippen LogP) is 3.42. The number of nitrogens with one attached hydrogen (secondary N) is 1. The van der Waals surface area contributed by atoms with Crippen LogP contribution in [-0.2, 0) is 11.2 Å². The Morgan fingerprint density at radius 1 is 1.03 bits per heavy atom. The van der Waals surface area contributed by atoms with Crippen LogP contribution in [0.25, 0.3) is 0 Å². The number of carbonyl (C=O) groups is 2. The molecule has 154 valence electrons. The lowest BCUT2D eigenvalue weighted by atomic mass is 10.0. The van der Waals surface area contributed by atoms with E-state index in [2.05, 4.69) is 19.2 Å². The van der Waals surface area contributed by atoms with Gasteiger partial charge < -0.3 is 10.2 Å². The molecule has 0 spiro atoms. The summed E-state index contributed by atoms with van der Waals surface area (Å²) in [5, 5.41) is 2.71. The van der Waals surface area contributed by atoms with Crippen LogP contribution in [0.5, 0.6) is 0 Å². The lowest BCUT2D eigenvalue weighted by Crippen LogP contribution is -2.50. The SMILES string of the molecule is CC(C)Cc1ccc(C(=O)N2CCN(CC(=O)Nc3cccc(F)c3)CC2)cc1. The van der Waals surface area contributed by atoms with E-state index in [1.165, 1.54) is 17.7 Å². The molecule has 0 radical (unpaired) electrons. The molecule has 0 unspecified atom stereocenters. The number of carbonyl (C=O) groups excluding carboxylic acids is 2. The maximum absolute atomic E-state index is 13.2. The van der Waals surface area contributed by atoms with Gasteiger partial charge in [-0.25, -0.2) is 4.39 Å². The van der Waals surface area contributed by atoms with Crippen molar-refractivity contribution in [1.82, 2.24) is 9.80 Å². The lowest BCUT2D eigenvalue weighted by Gasteiger charge is -2.34. The summed E-state index contributed by atoms with van der Waals surface area (Å²) >= 11 is 0. The third-order valence-corrected chi connectivity index (χ3v) is 4.98. The largest absolute Gasteiger partial charge is 0.336 e. The van der Waals surface area contributed by atoms with Gasteiger partial charge in [-0.1, -0.05) is 32.0 Å². The van der Waals surface area contributed by atoms with Crippen molar-refractivity contribution in [1.29, 1.82) is 0 Å². The molecule has 1 N–H and O–H groups in total. The van der Waals surface area contributed by atoms with E-state index in [1.807, 2.05) is 34.1 Å². The zero-order chi connectivity index (χ0) is 20.8. The summed E-state index contributed by atoms with van der Waals surface area (Å²) in [6, 6.07) is 13.7. The summed E-state index contributed by atoms with van der Waals surface area (Å²) in [5.74, 6) is 0.0518. The fourth-order valence-corrected chi connectivity index (χ4v) is 3.52. The minimum Gasteiger partial charge on any atom is -0.336 e. The number of halogens is 1. The molecule has 0 aliphatic carbocycles. The van der Waals surface area contributed by atoms with Crippen molar-refractivity contribution >= 4 is 17.5 Å². The number of anilines is 1. The molecule has 1 saturated heterocycles. The maximum atomic E-state index is 13.2. The molecule has 0 saturated carbocycles. The number of hydrogen-bond donors (Lipinski definition) is 1. The van der Waals surface area contributed by atoms with Crippen molar-refractivity contribution in [2.24, 2.45) is 5.92 Å². The summed E-state index contributed by atoms with van der Waals surface area (Å²) in [6.07, 6.45) is 1.00. The number of rotatable bonds is 6. The van der Waals surface area contributed by atoms with Gasteiger partial charge in [0.25, 0.3) is 5.91 Å². The lowest BCUT2D eigenvalue weighted by molar-refractivity contribution is -0.117. The van der Waals surface area contributed by atoms with Crippen LogP contribution in [0.1, 0.15) is 29.8 Å². The Bertz CT molecular complexity index is 843. The van der Waals surface area contributed by atoms with Crippen LogP contribution in [0.2, 0.25) is 0 Å². The molecule has 1 aliphatic heterocycles. The monoisotopic (exact) mass is 397 g/mol. The highest BCUT2D eigenvalue weighted by atomic mass is 19.1. The van der Waals surface area contributed by atoms with Gasteiger partial charge in [-0.2, -0.15) is 0 Å². The van der Waals surface area contributed by atoms with Gasteiger partial charge in [0.1, 0.15) is 5.82 Å². The van der Waals surface area contributed by atoms with E-state index in [9.17, 15) is 14.0 Å². The van der Waals surface area contributed by atoms with Crippen LogP contribution in [-0.4, -0.2) is 54.3 Å². The van der Waals surface area contributed by atoms with E-state index >= 15 is 0 Å². The summed E-state index contributed by atoms with van der Waals surface area (Å²) in [7, 11) is 0. The Labute approximate surface area is 171 Å². The van der Waals surface area contributed by atoms with Crippen molar-refractivity contribution in [3.8, 4) is 0 Å². The third kappa shape index (κ3) is 6.12. The van der Waals surface area contributed by atoms with Crippen LogP contribution >= 0.6 is 0 Å². The molecule has 0 atom stereocenters. The Morgan fingerprint density at radius 2 is 1.72 bits per heavy atom. The van der Waals surface area contributed by atoms with Crippen LogP contribution in [0.15, 0.2) is 48.5 Å². The molecule has 0 aromatic heterocycles. The fraction of sp³-hybridized carbons (Fsp3) is 0.391. The van der Waals surface area contributed by atoms with Crippen LogP contribution in [0.4, 0.5) is 10.1 Å². The normalized spacial score (nSPS) is 14.8. The molecule has 0 bridgehead atoms. The van der Waals surface area contributed by atoms with E-state index in [0.29, 0.717) is 43.3 Å². The second-order valence-electron chi connectivity index (χ2n) is 7.92. The standard InChI is InChI=1S/C23H28FN3O2/c1-17(2)14-18-6-8-19(9-7-18)23(29)27-12-10-26(11-13-27)16-22(28)25-21-5-3-4-20(24)15-21/h3-9,15,17H,10-14,16H2,1-2H3,(H,25,28). The third-order valence-electron chi connectivity index (χ3n) is 4.98. The van der Waals surface area contributed by atoms with E-state index in [1.54, 1.807) is 12.1 Å². The molecule has 3 rings (SSSR count). The highest BCUT2D eigenvalue weighted by Gasteiger charge is 2.23. The van der Waals surface area contributed by atoms with Gasteiger partial charge in [0.2, 0.25) is 5.91 Å². The molecule has 2 aromatic rings. The topological polar surface area (TPSA) is 52.7 Å². The first-order valence-electron chi connectivity index (χ1n) is 10.1. The predicted molar refractivity (Wildman–Crippen MR) is 112 cm³/mol. The Morgan fingerprint density at radius 3 is 2.34 bits per heavy atom. The summed E-state index contributed by atoms with van der Waals surface area (Å²) < 4.78 is 13.2. The Balaban J connectivity index is 1.47. The molecule has 5 nitrogen and oxygen atoms in total. The summed E-state index contributed by atoms with van der Waals surface area (Å²) in [4.78, 5) is 28.7. The average Bonchev–Trinajstić information content (AvgIpc) is 2.68. The van der Waals surface area contributed by atoms with Gasteiger partial charge in [-0.05, 0) is 48.2 Å². The van der Waals surface area contributed by atoms with Crippen molar-refractivity contribution in [3.63, 3.8) is 0 Å². The molecule has 2 aromatic carbocycles. The molecular formula is C23H28FN3O2. The zero-order valence-electron chi connectivity index (χ0n) is 17.0. The minimum atomic E-state index is -0.382. The zero-order valence-corrected chi connectivity index (χ0v) is 17.0.